The van der Waals surface area contributed by atoms with Gasteiger partial charge in [-0.25, -0.2) is 19.2 Å². The van der Waals surface area contributed by atoms with Gasteiger partial charge in [0.05, 0.1) is 11.2 Å². The molecule has 0 saturated heterocycles. The Bertz CT molecular complexity index is 828. The summed E-state index contributed by atoms with van der Waals surface area (Å²) in [5, 5.41) is 11.9. The predicted molar refractivity (Wildman–Crippen MR) is 91.2 cm³/mol. The number of aromatic nitrogens is 2. The summed E-state index contributed by atoms with van der Waals surface area (Å²) in [5.74, 6) is -0.351. The molecule has 26 heavy (non-hydrogen) atoms. The van der Waals surface area contributed by atoms with E-state index in [2.05, 4.69) is 15.3 Å². The van der Waals surface area contributed by atoms with Crippen molar-refractivity contribution >= 4 is 6.09 Å². The van der Waals surface area contributed by atoms with Crippen LogP contribution in [0.5, 0.6) is 0 Å². The lowest BCUT2D eigenvalue weighted by Gasteiger charge is -2.37. The largest absolute Gasteiger partial charge is 0.445 e. The van der Waals surface area contributed by atoms with E-state index in [4.69, 9.17) is 10.00 Å². The number of rotatable bonds is 4. The number of ether oxygens (including phenoxy) is 1. The van der Waals surface area contributed by atoms with E-state index in [9.17, 15) is 9.18 Å². The highest BCUT2D eigenvalue weighted by atomic mass is 19.1. The van der Waals surface area contributed by atoms with Gasteiger partial charge in [-0.15, -0.1) is 0 Å². The number of carbonyl (C=O) groups excluding carboxylic acids is 1. The number of alkyl carbamates (subject to hydrolysis) is 1. The lowest BCUT2D eigenvalue weighted by Crippen LogP contribution is -2.48. The molecule has 1 amide bonds. The molecule has 1 aromatic carbocycles. The molecule has 2 aromatic rings. The molecule has 1 saturated carbocycles. The van der Waals surface area contributed by atoms with Gasteiger partial charge < -0.3 is 10.1 Å². The van der Waals surface area contributed by atoms with Crippen LogP contribution >= 0.6 is 0 Å². The van der Waals surface area contributed by atoms with E-state index in [-0.39, 0.29) is 12.4 Å². The number of nitriles is 1. The van der Waals surface area contributed by atoms with Gasteiger partial charge >= 0.3 is 6.09 Å². The van der Waals surface area contributed by atoms with Gasteiger partial charge in [0.15, 0.2) is 0 Å². The fourth-order valence-corrected chi connectivity index (χ4v) is 3.27. The van der Waals surface area contributed by atoms with E-state index >= 15 is 0 Å². The van der Waals surface area contributed by atoms with Crippen LogP contribution in [-0.4, -0.2) is 16.1 Å². The molecule has 0 aliphatic heterocycles. The number of hydrogen-bond acceptors (Lipinski definition) is 5. The first-order valence-corrected chi connectivity index (χ1v) is 8.55. The third-order valence-electron chi connectivity index (χ3n) is 4.61. The van der Waals surface area contributed by atoms with Crippen molar-refractivity contribution < 1.29 is 13.9 Å². The van der Waals surface area contributed by atoms with Crippen molar-refractivity contribution in [2.75, 3.05) is 0 Å². The second kappa shape index (κ2) is 7.91. The highest BCUT2D eigenvalue weighted by Crippen LogP contribution is 2.36. The summed E-state index contributed by atoms with van der Waals surface area (Å²) in [7, 11) is 0. The SMILES string of the molecule is N#Cc1nccc(C2(NC(=O)OCc3ccccc3F)CCCCC2)n1. The second-order valence-electron chi connectivity index (χ2n) is 6.31. The van der Waals surface area contributed by atoms with Crippen molar-refractivity contribution in [3.8, 4) is 6.07 Å². The maximum atomic E-state index is 13.7. The zero-order valence-corrected chi connectivity index (χ0v) is 14.2. The van der Waals surface area contributed by atoms with E-state index in [1.165, 1.54) is 12.3 Å². The number of nitrogens with one attached hydrogen (secondary N) is 1. The summed E-state index contributed by atoms with van der Waals surface area (Å²) in [6.45, 7) is -0.151. The molecule has 134 valence electrons. The molecule has 1 fully saturated rings. The van der Waals surface area contributed by atoms with Crippen LogP contribution in [0.2, 0.25) is 0 Å². The smallest absolute Gasteiger partial charge is 0.408 e. The summed E-state index contributed by atoms with van der Waals surface area (Å²) < 4.78 is 18.9. The summed E-state index contributed by atoms with van der Waals surface area (Å²) in [6.07, 6.45) is 5.21. The number of halogens is 1. The van der Waals surface area contributed by atoms with Crippen molar-refractivity contribution in [1.29, 1.82) is 5.26 Å². The fourth-order valence-electron chi connectivity index (χ4n) is 3.27. The van der Waals surface area contributed by atoms with Crippen molar-refractivity contribution in [1.82, 2.24) is 15.3 Å². The van der Waals surface area contributed by atoms with Crippen LogP contribution in [0.4, 0.5) is 9.18 Å². The topological polar surface area (TPSA) is 87.9 Å². The molecule has 3 rings (SSSR count). The Hall–Kier alpha value is -3.01. The van der Waals surface area contributed by atoms with Crippen LogP contribution in [0.3, 0.4) is 0 Å². The summed E-state index contributed by atoms with van der Waals surface area (Å²) in [4.78, 5) is 20.5. The zero-order valence-electron chi connectivity index (χ0n) is 14.2. The first-order valence-electron chi connectivity index (χ1n) is 8.55. The summed E-state index contributed by atoms with van der Waals surface area (Å²) in [6, 6.07) is 9.80. The van der Waals surface area contributed by atoms with Crippen LogP contribution in [0.25, 0.3) is 0 Å². The maximum Gasteiger partial charge on any atom is 0.408 e. The average Bonchev–Trinajstić information content (AvgIpc) is 2.68. The minimum Gasteiger partial charge on any atom is -0.445 e. The number of carbonyl (C=O) groups is 1. The number of benzene rings is 1. The second-order valence-corrected chi connectivity index (χ2v) is 6.31. The first kappa shape index (κ1) is 17.8. The van der Waals surface area contributed by atoms with Crippen molar-refractivity contribution in [2.45, 2.75) is 44.2 Å². The van der Waals surface area contributed by atoms with Crippen LogP contribution in [0.1, 0.15) is 49.2 Å². The van der Waals surface area contributed by atoms with Gasteiger partial charge in [0.2, 0.25) is 5.82 Å². The Morgan fingerprint density at radius 1 is 1.27 bits per heavy atom. The Kier molecular flexibility index (Phi) is 5.42. The lowest BCUT2D eigenvalue weighted by molar-refractivity contribution is 0.115. The molecule has 1 aliphatic rings. The van der Waals surface area contributed by atoms with Gasteiger partial charge in [-0.2, -0.15) is 5.26 Å². The van der Waals surface area contributed by atoms with Gasteiger partial charge in [0, 0.05) is 11.8 Å². The van der Waals surface area contributed by atoms with Crippen LogP contribution < -0.4 is 5.32 Å². The molecular weight excluding hydrogens is 335 g/mol. The Morgan fingerprint density at radius 2 is 2.04 bits per heavy atom. The molecular formula is C19H19FN4O2. The van der Waals surface area contributed by atoms with Gasteiger partial charge in [-0.1, -0.05) is 37.5 Å². The third-order valence-corrected chi connectivity index (χ3v) is 4.61. The van der Waals surface area contributed by atoms with Crippen molar-refractivity contribution in [3.63, 3.8) is 0 Å². The molecule has 0 atom stereocenters. The minimum atomic E-state index is -0.695. The Morgan fingerprint density at radius 3 is 2.77 bits per heavy atom. The van der Waals surface area contributed by atoms with Gasteiger partial charge in [-0.3, -0.25) is 0 Å². The minimum absolute atomic E-state index is 0.0639. The standard InChI is InChI=1S/C19H19FN4O2/c20-15-7-3-2-6-14(15)13-26-18(25)24-19(9-4-1-5-10-19)16-8-11-22-17(12-21)23-16/h2-3,6-8,11H,1,4-5,9-10,13H2,(H,24,25). The number of nitrogens with zero attached hydrogens (tertiary/aromatic N) is 3. The third kappa shape index (κ3) is 3.97. The molecule has 1 heterocycles. The lowest BCUT2D eigenvalue weighted by atomic mass is 9.79. The van der Waals surface area contributed by atoms with E-state index in [0.717, 1.165) is 19.3 Å². The van der Waals surface area contributed by atoms with Gasteiger partial charge in [0.25, 0.3) is 0 Å². The molecule has 7 heteroatoms. The maximum absolute atomic E-state index is 13.7. The first-order chi connectivity index (χ1) is 12.6. The summed E-state index contributed by atoms with van der Waals surface area (Å²) in [5.41, 5.74) is 0.222. The van der Waals surface area contributed by atoms with E-state index in [0.29, 0.717) is 24.1 Å². The molecule has 0 bridgehead atoms. The molecule has 1 aliphatic carbocycles. The summed E-state index contributed by atoms with van der Waals surface area (Å²) >= 11 is 0. The highest BCUT2D eigenvalue weighted by molar-refractivity contribution is 5.68. The predicted octanol–water partition coefficient (Wildman–Crippen LogP) is 3.57. The van der Waals surface area contributed by atoms with Crippen LogP contribution in [-0.2, 0) is 16.9 Å². The van der Waals surface area contributed by atoms with Crippen molar-refractivity contribution in [2.24, 2.45) is 0 Å². The van der Waals surface area contributed by atoms with E-state index in [1.54, 1.807) is 24.3 Å². The van der Waals surface area contributed by atoms with Crippen LogP contribution in [0, 0.1) is 17.1 Å². The average molecular weight is 354 g/mol. The molecule has 1 aromatic heterocycles. The monoisotopic (exact) mass is 354 g/mol. The molecule has 6 nitrogen and oxygen atoms in total. The quantitative estimate of drug-likeness (QED) is 0.907. The molecule has 0 radical (unpaired) electrons. The van der Waals surface area contributed by atoms with Crippen LogP contribution in [0.15, 0.2) is 36.5 Å². The molecule has 0 unspecified atom stereocenters. The molecule has 1 N–H and O–H groups in total. The zero-order chi connectivity index (χ0) is 18.4. The van der Waals surface area contributed by atoms with Gasteiger partial charge in [0.1, 0.15) is 18.5 Å². The Labute approximate surface area is 151 Å². The van der Waals surface area contributed by atoms with Crippen molar-refractivity contribution in [3.05, 3.63) is 59.4 Å². The highest BCUT2D eigenvalue weighted by Gasteiger charge is 2.37. The van der Waals surface area contributed by atoms with Gasteiger partial charge in [-0.05, 0) is 25.0 Å². The fraction of sp³-hybridized carbons (Fsp3) is 0.368. The Balaban J connectivity index is 1.75. The normalized spacial score (nSPS) is 15.7. The number of hydrogen-bond donors (Lipinski definition) is 1. The van der Waals surface area contributed by atoms with E-state index < -0.39 is 17.4 Å². The number of amides is 1. The molecule has 0 spiro atoms. The van der Waals surface area contributed by atoms with E-state index in [1.807, 2.05) is 6.07 Å².